The van der Waals surface area contributed by atoms with Crippen molar-refractivity contribution in [2.24, 2.45) is 5.92 Å². The highest BCUT2D eigenvalue weighted by Gasteiger charge is 2.52. The fraction of sp³-hybridized carbons (Fsp3) is 0.733. The highest BCUT2D eigenvalue weighted by molar-refractivity contribution is 6.08. The first-order valence-electron chi connectivity index (χ1n) is 7.90. The summed E-state index contributed by atoms with van der Waals surface area (Å²) in [5.74, 6) is -1.26. The summed E-state index contributed by atoms with van der Waals surface area (Å²) in [6, 6.07) is -0.571. The summed E-state index contributed by atoms with van der Waals surface area (Å²) in [6.45, 7) is 3.50. The number of amides is 4. The van der Waals surface area contributed by atoms with E-state index in [0.717, 1.165) is 17.7 Å². The van der Waals surface area contributed by atoms with Crippen LogP contribution in [0.25, 0.3) is 0 Å². The van der Waals surface area contributed by atoms with Crippen LogP contribution < -0.4 is 10.6 Å². The van der Waals surface area contributed by atoms with Gasteiger partial charge in [-0.1, -0.05) is 26.7 Å². The van der Waals surface area contributed by atoms with Gasteiger partial charge in [-0.25, -0.2) is 4.79 Å². The van der Waals surface area contributed by atoms with Gasteiger partial charge in [0.2, 0.25) is 0 Å². The van der Waals surface area contributed by atoms with Gasteiger partial charge in [-0.2, -0.15) is 0 Å². The fourth-order valence-electron chi connectivity index (χ4n) is 2.83. The Morgan fingerprint density at radius 2 is 1.96 bits per heavy atom. The van der Waals surface area contributed by atoms with E-state index < -0.39 is 36.6 Å². The number of nitrogens with zero attached hydrogens (tertiary/aromatic N) is 1. The van der Waals surface area contributed by atoms with Gasteiger partial charge in [0, 0.05) is 6.54 Å². The van der Waals surface area contributed by atoms with Gasteiger partial charge in [-0.3, -0.25) is 19.3 Å². The minimum absolute atomic E-state index is 0.295. The van der Waals surface area contributed by atoms with Crippen molar-refractivity contribution in [1.29, 1.82) is 0 Å². The average molecular weight is 325 g/mol. The van der Waals surface area contributed by atoms with E-state index in [-0.39, 0.29) is 5.91 Å². The van der Waals surface area contributed by atoms with Gasteiger partial charge >= 0.3 is 12.0 Å². The van der Waals surface area contributed by atoms with E-state index in [1.54, 1.807) is 0 Å². The Labute approximate surface area is 134 Å². The standard InChI is InChI=1S/C15H23N3O5/c1-10(2)7-16-11(19)9-23-12(20)8-18-13(21)15(17-14(18)22)5-3-4-6-15/h10H,3-9H2,1-2H3,(H,16,19)(H,17,22). The molecule has 0 radical (unpaired) electrons. The zero-order valence-electron chi connectivity index (χ0n) is 13.5. The predicted molar refractivity (Wildman–Crippen MR) is 80.3 cm³/mol. The molecule has 1 saturated carbocycles. The molecule has 2 fully saturated rings. The molecule has 0 aromatic carbocycles. The smallest absolute Gasteiger partial charge is 0.326 e. The zero-order valence-corrected chi connectivity index (χ0v) is 13.5. The number of hydrogen-bond acceptors (Lipinski definition) is 5. The number of rotatable bonds is 6. The highest BCUT2D eigenvalue weighted by atomic mass is 16.5. The van der Waals surface area contributed by atoms with Crippen LogP contribution in [0.1, 0.15) is 39.5 Å². The van der Waals surface area contributed by atoms with Gasteiger partial charge in [0.1, 0.15) is 12.1 Å². The molecule has 8 heteroatoms. The molecule has 0 unspecified atom stereocenters. The Balaban J connectivity index is 1.80. The lowest BCUT2D eigenvalue weighted by Gasteiger charge is -2.19. The third-order valence-corrected chi connectivity index (χ3v) is 4.06. The van der Waals surface area contributed by atoms with E-state index in [1.165, 1.54) is 0 Å². The van der Waals surface area contributed by atoms with Gasteiger partial charge in [0.15, 0.2) is 6.61 Å². The molecule has 23 heavy (non-hydrogen) atoms. The second-order valence-corrected chi connectivity index (χ2v) is 6.47. The van der Waals surface area contributed by atoms with Crippen LogP contribution in [0.4, 0.5) is 4.79 Å². The first-order valence-corrected chi connectivity index (χ1v) is 7.90. The fourth-order valence-corrected chi connectivity index (χ4v) is 2.83. The number of esters is 1. The number of carbonyl (C=O) groups is 4. The first-order chi connectivity index (χ1) is 10.8. The van der Waals surface area contributed by atoms with Crippen molar-refractivity contribution < 1.29 is 23.9 Å². The van der Waals surface area contributed by atoms with Gasteiger partial charge in [-0.05, 0) is 18.8 Å². The molecule has 128 valence electrons. The van der Waals surface area contributed by atoms with E-state index in [2.05, 4.69) is 10.6 Å². The molecule has 8 nitrogen and oxygen atoms in total. The largest absolute Gasteiger partial charge is 0.454 e. The first kappa shape index (κ1) is 17.2. The van der Waals surface area contributed by atoms with Crippen LogP contribution in [0, 0.1) is 5.92 Å². The molecule has 1 aliphatic heterocycles. The Kier molecular flexibility index (Phi) is 5.23. The number of ether oxygens (including phenoxy) is 1. The monoisotopic (exact) mass is 325 g/mol. The van der Waals surface area contributed by atoms with Gasteiger partial charge < -0.3 is 15.4 Å². The Bertz CT molecular complexity index is 511. The van der Waals surface area contributed by atoms with Crippen molar-refractivity contribution in [2.75, 3.05) is 19.7 Å². The topological polar surface area (TPSA) is 105 Å². The molecule has 1 aliphatic carbocycles. The zero-order chi connectivity index (χ0) is 17.0. The van der Waals surface area contributed by atoms with Crippen molar-refractivity contribution in [2.45, 2.75) is 45.1 Å². The summed E-state index contributed by atoms with van der Waals surface area (Å²) >= 11 is 0. The summed E-state index contributed by atoms with van der Waals surface area (Å²) in [5, 5.41) is 5.29. The van der Waals surface area contributed by atoms with Crippen LogP contribution in [-0.4, -0.2) is 54.0 Å². The maximum Gasteiger partial charge on any atom is 0.326 e. The minimum atomic E-state index is -0.841. The molecule has 4 amide bonds. The Morgan fingerprint density at radius 3 is 2.57 bits per heavy atom. The Morgan fingerprint density at radius 1 is 1.30 bits per heavy atom. The number of imide groups is 1. The quantitative estimate of drug-likeness (QED) is 0.535. The molecule has 0 aromatic heterocycles. The number of hydrogen-bond donors (Lipinski definition) is 2. The molecule has 2 N–H and O–H groups in total. The minimum Gasteiger partial charge on any atom is -0.454 e. The molecule has 1 spiro atoms. The van der Waals surface area contributed by atoms with Gasteiger partial charge in [0.25, 0.3) is 11.8 Å². The summed E-state index contributed by atoms with van der Waals surface area (Å²) in [7, 11) is 0. The van der Waals surface area contributed by atoms with Crippen LogP contribution in [-0.2, 0) is 19.1 Å². The molecule has 1 heterocycles. The summed E-state index contributed by atoms with van der Waals surface area (Å²) in [4.78, 5) is 48.4. The van der Waals surface area contributed by atoms with Crippen molar-refractivity contribution in [3.8, 4) is 0 Å². The molecule has 0 aromatic rings. The summed E-state index contributed by atoms with van der Waals surface area (Å²) in [5.41, 5.74) is -0.841. The maximum absolute atomic E-state index is 12.3. The molecule has 2 aliphatic rings. The lowest BCUT2D eigenvalue weighted by molar-refractivity contribution is -0.151. The van der Waals surface area contributed by atoms with E-state index in [9.17, 15) is 19.2 Å². The third kappa shape index (κ3) is 4.00. The molecule has 0 atom stereocenters. The molecule has 1 saturated heterocycles. The lowest BCUT2D eigenvalue weighted by atomic mass is 9.98. The van der Waals surface area contributed by atoms with Gasteiger partial charge in [-0.15, -0.1) is 0 Å². The maximum atomic E-state index is 12.3. The molecule has 2 rings (SSSR count). The van der Waals surface area contributed by atoms with Gasteiger partial charge in [0.05, 0.1) is 0 Å². The number of carbonyl (C=O) groups excluding carboxylic acids is 4. The molecular formula is C15H23N3O5. The number of nitrogens with one attached hydrogen (secondary N) is 2. The normalized spacial score (nSPS) is 19.3. The second kappa shape index (κ2) is 6.97. The molecular weight excluding hydrogens is 302 g/mol. The lowest BCUT2D eigenvalue weighted by Crippen LogP contribution is -2.44. The van der Waals surface area contributed by atoms with E-state index in [1.807, 2.05) is 13.8 Å². The van der Waals surface area contributed by atoms with Crippen LogP contribution in [0.5, 0.6) is 0 Å². The third-order valence-electron chi connectivity index (χ3n) is 4.06. The van der Waals surface area contributed by atoms with Crippen LogP contribution >= 0.6 is 0 Å². The van der Waals surface area contributed by atoms with Crippen LogP contribution in [0.2, 0.25) is 0 Å². The van der Waals surface area contributed by atoms with E-state index in [0.29, 0.717) is 25.3 Å². The van der Waals surface area contributed by atoms with Crippen molar-refractivity contribution in [3.05, 3.63) is 0 Å². The predicted octanol–water partition coefficient (Wildman–Crippen LogP) is 0.166. The summed E-state index contributed by atoms with van der Waals surface area (Å²) in [6.07, 6.45) is 2.95. The van der Waals surface area contributed by atoms with Crippen molar-refractivity contribution >= 4 is 23.8 Å². The van der Waals surface area contributed by atoms with Crippen LogP contribution in [0.3, 0.4) is 0 Å². The molecule has 0 bridgehead atoms. The SMILES string of the molecule is CC(C)CNC(=O)COC(=O)CN1C(=O)NC2(CCCC2)C1=O. The summed E-state index contributed by atoms with van der Waals surface area (Å²) < 4.78 is 4.82. The van der Waals surface area contributed by atoms with Crippen molar-refractivity contribution in [3.63, 3.8) is 0 Å². The van der Waals surface area contributed by atoms with Crippen LogP contribution in [0.15, 0.2) is 0 Å². The Hall–Kier alpha value is -2.12. The second-order valence-electron chi connectivity index (χ2n) is 6.47. The highest BCUT2D eigenvalue weighted by Crippen LogP contribution is 2.34. The van der Waals surface area contributed by atoms with E-state index in [4.69, 9.17) is 4.74 Å². The van der Waals surface area contributed by atoms with E-state index >= 15 is 0 Å². The van der Waals surface area contributed by atoms with Crippen molar-refractivity contribution in [1.82, 2.24) is 15.5 Å². The average Bonchev–Trinajstić information content (AvgIpc) is 3.04. The number of urea groups is 1.